The quantitative estimate of drug-likeness (QED) is 0.506. The maximum absolute atomic E-state index is 13.4. The Kier molecular flexibility index (Phi) is 3.60. The van der Waals surface area contributed by atoms with Crippen molar-refractivity contribution in [1.29, 1.82) is 0 Å². The van der Waals surface area contributed by atoms with Crippen LogP contribution in [-0.4, -0.2) is 5.91 Å². The van der Waals surface area contributed by atoms with Crippen LogP contribution in [0.15, 0.2) is 30.3 Å². The molecule has 1 amide bonds. The second-order valence-electron chi connectivity index (χ2n) is 3.94. The van der Waals surface area contributed by atoms with E-state index >= 15 is 0 Å². The Bertz CT molecular complexity index is 688. The Morgan fingerprint density at radius 1 is 1.00 bits per heavy atom. The van der Waals surface area contributed by atoms with E-state index in [1.807, 2.05) is 5.32 Å². The average molecular weight is 284 g/mol. The van der Waals surface area contributed by atoms with E-state index in [4.69, 9.17) is 5.73 Å². The minimum atomic E-state index is -1.46. The first-order valence-electron chi connectivity index (χ1n) is 5.39. The molecule has 0 unspecified atom stereocenters. The lowest BCUT2D eigenvalue weighted by Crippen LogP contribution is -2.15. The molecule has 7 heteroatoms. The highest BCUT2D eigenvalue weighted by Gasteiger charge is 2.17. The van der Waals surface area contributed by atoms with Gasteiger partial charge in [0.1, 0.15) is 11.6 Å². The molecule has 0 aliphatic heterocycles. The van der Waals surface area contributed by atoms with E-state index in [-0.39, 0.29) is 5.69 Å². The van der Waals surface area contributed by atoms with Crippen LogP contribution in [0.25, 0.3) is 0 Å². The number of hydrogen-bond acceptors (Lipinski definition) is 2. The Balaban J connectivity index is 2.35. The summed E-state index contributed by atoms with van der Waals surface area (Å²) in [4.78, 5) is 11.7. The second kappa shape index (κ2) is 5.20. The molecule has 2 rings (SSSR count). The third-order valence-electron chi connectivity index (χ3n) is 2.48. The predicted octanol–water partition coefficient (Wildman–Crippen LogP) is 3.08. The molecule has 0 bridgehead atoms. The van der Waals surface area contributed by atoms with Crippen molar-refractivity contribution >= 4 is 17.3 Å². The molecule has 0 saturated heterocycles. The summed E-state index contributed by atoms with van der Waals surface area (Å²) in [6.07, 6.45) is 0. The van der Waals surface area contributed by atoms with E-state index in [2.05, 4.69) is 0 Å². The van der Waals surface area contributed by atoms with E-state index in [9.17, 15) is 22.4 Å². The van der Waals surface area contributed by atoms with E-state index < -0.39 is 40.4 Å². The van der Waals surface area contributed by atoms with Crippen molar-refractivity contribution in [2.75, 3.05) is 11.1 Å². The Labute approximate surface area is 111 Å². The summed E-state index contributed by atoms with van der Waals surface area (Å²) in [6, 6.07) is 4.12. The Morgan fingerprint density at radius 3 is 2.40 bits per heavy atom. The first-order valence-corrected chi connectivity index (χ1v) is 5.39. The fourth-order valence-corrected chi connectivity index (χ4v) is 1.55. The highest BCUT2D eigenvalue weighted by atomic mass is 19.2. The Hall–Kier alpha value is -2.57. The largest absolute Gasteiger partial charge is 0.399 e. The molecule has 3 nitrogen and oxygen atoms in total. The normalized spacial score (nSPS) is 10.4. The van der Waals surface area contributed by atoms with E-state index in [1.54, 1.807) is 0 Å². The van der Waals surface area contributed by atoms with Crippen LogP contribution in [0.4, 0.5) is 28.9 Å². The number of benzene rings is 2. The Morgan fingerprint density at radius 2 is 1.70 bits per heavy atom. The van der Waals surface area contributed by atoms with Gasteiger partial charge in [-0.05, 0) is 18.2 Å². The molecule has 2 aromatic carbocycles. The van der Waals surface area contributed by atoms with Crippen LogP contribution in [0, 0.1) is 23.3 Å². The summed E-state index contributed by atoms with van der Waals surface area (Å²) in [5, 5.41) is 1.89. The van der Waals surface area contributed by atoms with Gasteiger partial charge >= 0.3 is 0 Å². The zero-order valence-corrected chi connectivity index (χ0v) is 9.88. The maximum Gasteiger partial charge on any atom is 0.258 e. The standard InChI is InChI=1S/C13H8F4N2O/c14-6-3-10(16)12(17)11(4-6)19-13(20)8-5-7(18)1-2-9(8)15/h1-5H,18H2,(H,19,20). The molecule has 0 radical (unpaired) electrons. The SMILES string of the molecule is Nc1ccc(F)c(C(=O)Nc2cc(F)cc(F)c2F)c1. The summed E-state index contributed by atoms with van der Waals surface area (Å²) in [5.74, 6) is -5.95. The fraction of sp³-hybridized carbons (Fsp3) is 0. The minimum Gasteiger partial charge on any atom is -0.399 e. The smallest absolute Gasteiger partial charge is 0.258 e. The number of anilines is 2. The minimum absolute atomic E-state index is 0.113. The van der Waals surface area contributed by atoms with Gasteiger partial charge in [0.25, 0.3) is 5.91 Å². The van der Waals surface area contributed by atoms with Gasteiger partial charge in [0, 0.05) is 17.8 Å². The van der Waals surface area contributed by atoms with Crippen molar-refractivity contribution in [3.8, 4) is 0 Å². The molecular formula is C13H8F4N2O. The molecule has 0 aliphatic carbocycles. The van der Waals surface area contributed by atoms with Gasteiger partial charge in [0.15, 0.2) is 11.6 Å². The summed E-state index contributed by atoms with van der Waals surface area (Å²) in [6.45, 7) is 0. The summed E-state index contributed by atoms with van der Waals surface area (Å²) in [5.41, 5.74) is 4.32. The topological polar surface area (TPSA) is 55.1 Å². The highest BCUT2D eigenvalue weighted by Crippen LogP contribution is 2.21. The van der Waals surface area contributed by atoms with E-state index in [0.29, 0.717) is 12.1 Å². The van der Waals surface area contributed by atoms with Crippen LogP contribution in [0.1, 0.15) is 10.4 Å². The lowest BCUT2D eigenvalue weighted by atomic mass is 10.1. The van der Waals surface area contributed by atoms with E-state index in [0.717, 1.165) is 12.1 Å². The number of nitrogens with two attached hydrogens (primary N) is 1. The number of carbonyl (C=O) groups excluding carboxylic acids is 1. The second-order valence-corrected chi connectivity index (χ2v) is 3.94. The molecule has 20 heavy (non-hydrogen) atoms. The molecule has 0 fully saturated rings. The van der Waals surface area contributed by atoms with Crippen LogP contribution >= 0.6 is 0 Å². The number of nitrogens with one attached hydrogen (secondary N) is 1. The molecule has 3 N–H and O–H groups in total. The van der Waals surface area contributed by atoms with Crippen LogP contribution in [0.5, 0.6) is 0 Å². The molecule has 0 aliphatic rings. The number of carbonyl (C=O) groups is 1. The van der Waals surface area contributed by atoms with Gasteiger partial charge in [-0.2, -0.15) is 0 Å². The highest BCUT2D eigenvalue weighted by molar-refractivity contribution is 6.05. The van der Waals surface area contributed by atoms with Gasteiger partial charge in [0.2, 0.25) is 0 Å². The molecule has 0 saturated carbocycles. The van der Waals surface area contributed by atoms with Crippen LogP contribution < -0.4 is 11.1 Å². The van der Waals surface area contributed by atoms with Crippen molar-refractivity contribution < 1.29 is 22.4 Å². The first kappa shape index (κ1) is 13.9. The first-order chi connectivity index (χ1) is 9.38. The summed E-state index contributed by atoms with van der Waals surface area (Å²) in [7, 11) is 0. The molecule has 0 spiro atoms. The predicted molar refractivity (Wildman–Crippen MR) is 65.1 cm³/mol. The zero-order chi connectivity index (χ0) is 14.9. The maximum atomic E-state index is 13.4. The zero-order valence-electron chi connectivity index (χ0n) is 9.88. The number of rotatable bonds is 2. The van der Waals surface area contributed by atoms with Crippen LogP contribution in [-0.2, 0) is 0 Å². The van der Waals surface area contributed by atoms with Gasteiger partial charge in [-0.25, -0.2) is 17.6 Å². The molecule has 104 valence electrons. The van der Waals surface area contributed by atoms with Gasteiger partial charge in [-0.15, -0.1) is 0 Å². The molecule has 0 heterocycles. The van der Waals surface area contributed by atoms with Crippen molar-refractivity contribution in [3.05, 3.63) is 59.2 Å². The van der Waals surface area contributed by atoms with Crippen molar-refractivity contribution in [2.24, 2.45) is 0 Å². The summed E-state index contributed by atoms with van der Waals surface area (Å²) < 4.78 is 52.7. The van der Waals surface area contributed by atoms with Gasteiger partial charge in [0.05, 0.1) is 11.3 Å². The van der Waals surface area contributed by atoms with Gasteiger partial charge in [-0.1, -0.05) is 0 Å². The molecule has 0 atom stereocenters. The number of hydrogen-bond donors (Lipinski definition) is 2. The van der Waals surface area contributed by atoms with Crippen LogP contribution in [0.3, 0.4) is 0 Å². The van der Waals surface area contributed by atoms with Gasteiger partial charge < -0.3 is 11.1 Å². The third kappa shape index (κ3) is 2.71. The molecule has 2 aromatic rings. The average Bonchev–Trinajstić information content (AvgIpc) is 2.38. The lowest BCUT2D eigenvalue weighted by Gasteiger charge is -2.08. The third-order valence-corrected chi connectivity index (χ3v) is 2.48. The number of nitrogen functional groups attached to an aromatic ring is 1. The molecular weight excluding hydrogens is 276 g/mol. The number of halogens is 4. The fourth-order valence-electron chi connectivity index (χ4n) is 1.55. The van der Waals surface area contributed by atoms with Crippen molar-refractivity contribution in [3.63, 3.8) is 0 Å². The summed E-state index contributed by atoms with van der Waals surface area (Å²) >= 11 is 0. The van der Waals surface area contributed by atoms with E-state index in [1.165, 1.54) is 6.07 Å². The van der Waals surface area contributed by atoms with Gasteiger partial charge in [-0.3, -0.25) is 4.79 Å². The monoisotopic (exact) mass is 284 g/mol. The lowest BCUT2D eigenvalue weighted by molar-refractivity contribution is 0.102. The number of amides is 1. The van der Waals surface area contributed by atoms with Crippen molar-refractivity contribution in [2.45, 2.75) is 0 Å². The molecule has 0 aromatic heterocycles. The van der Waals surface area contributed by atoms with Crippen LogP contribution in [0.2, 0.25) is 0 Å². The van der Waals surface area contributed by atoms with Crippen molar-refractivity contribution in [1.82, 2.24) is 0 Å².